The Labute approximate surface area is 71.1 Å². The Bertz CT molecular complexity index is 217. The van der Waals surface area contributed by atoms with Crippen LogP contribution < -0.4 is 0 Å². The lowest BCUT2D eigenvalue weighted by atomic mass is 9.95. The van der Waals surface area contributed by atoms with Gasteiger partial charge in [0.1, 0.15) is 0 Å². The summed E-state index contributed by atoms with van der Waals surface area (Å²) in [4.78, 5) is 10.6. The minimum atomic E-state index is -1.62. The standard InChI is InChI=1S/C9H13FO2/c1-6(11)12-9(10)5-7-2-3-8(9)4-7/h7-8H,2-5H2,1H3. The highest BCUT2D eigenvalue weighted by atomic mass is 19.2. The van der Waals surface area contributed by atoms with Crippen molar-refractivity contribution in [3.8, 4) is 0 Å². The topological polar surface area (TPSA) is 26.3 Å². The molecule has 3 atom stereocenters. The van der Waals surface area contributed by atoms with Crippen LogP contribution in [0.25, 0.3) is 0 Å². The van der Waals surface area contributed by atoms with Crippen LogP contribution in [-0.2, 0) is 9.53 Å². The van der Waals surface area contributed by atoms with Gasteiger partial charge in [-0.15, -0.1) is 0 Å². The molecule has 0 aromatic rings. The fourth-order valence-corrected chi connectivity index (χ4v) is 2.58. The van der Waals surface area contributed by atoms with Crippen molar-refractivity contribution < 1.29 is 13.9 Å². The van der Waals surface area contributed by atoms with E-state index in [4.69, 9.17) is 4.74 Å². The zero-order valence-electron chi connectivity index (χ0n) is 7.18. The number of ether oxygens (including phenoxy) is 1. The van der Waals surface area contributed by atoms with Crippen molar-refractivity contribution >= 4 is 5.97 Å². The molecular formula is C9H13FO2. The molecule has 2 rings (SSSR count). The fraction of sp³-hybridized carbons (Fsp3) is 0.889. The van der Waals surface area contributed by atoms with Gasteiger partial charge in [-0.2, -0.15) is 4.39 Å². The van der Waals surface area contributed by atoms with E-state index in [0.717, 1.165) is 19.3 Å². The van der Waals surface area contributed by atoms with Crippen LogP contribution in [0.1, 0.15) is 32.6 Å². The van der Waals surface area contributed by atoms with E-state index in [-0.39, 0.29) is 5.92 Å². The number of alkyl halides is 1. The van der Waals surface area contributed by atoms with E-state index in [2.05, 4.69) is 0 Å². The second-order valence-corrected chi connectivity index (χ2v) is 3.96. The largest absolute Gasteiger partial charge is 0.428 e. The first-order chi connectivity index (χ1) is 5.60. The summed E-state index contributed by atoms with van der Waals surface area (Å²) in [6.45, 7) is 1.27. The van der Waals surface area contributed by atoms with E-state index in [1.165, 1.54) is 6.92 Å². The maximum Gasteiger partial charge on any atom is 0.305 e. The summed E-state index contributed by atoms with van der Waals surface area (Å²) in [5, 5.41) is 0. The quantitative estimate of drug-likeness (QED) is 0.566. The minimum absolute atomic E-state index is 0.0219. The zero-order valence-corrected chi connectivity index (χ0v) is 7.18. The number of hydrogen-bond donors (Lipinski definition) is 0. The van der Waals surface area contributed by atoms with E-state index in [9.17, 15) is 9.18 Å². The van der Waals surface area contributed by atoms with Crippen molar-refractivity contribution in [2.24, 2.45) is 11.8 Å². The summed E-state index contributed by atoms with van der Waals surface area (Å²) in [7, 11) is 0. The normalized spacial score (nSPS) is 44.8. The molecule has 2 aliphatic rings. The molecule has 0 aromatic carbocycles. The van der Waals surface area contributed by atoms with Crippen molar-refractivity contribution in [3.05, 3.63) is 0 Å². The Hall–Kier alpha value is -0.600. The predicted molar refractivity (Wildman–Crippen MR) is 41.1 cm³/mol. The Morgan fingerprint density at radius 1 is 1.58 bits per heavy atom. The molecule has 0 aliphatic heterocycles. The third-order valence-electron chi connectivity index (χ3n) is 3.03. The van der Waals surface area contributed by atoms with Crippen LogP contribution in [0, 0.1) is 11.8 Å². The van der Waals surface area contributed by atoms with Gasteiger partial charge in [0.25, 0.3) is 5.85 Å². The minimum Gasteiger partial charge on any atom is -0.428 e. The monoisotopic (exact) mass is 172 g/mol. The van der Waals surface area contributed by atoms with E-state index in [1.807, 2.05) is 0 Å². The van der Waals surface area contributed by atoms with Gasteiger partial charge in [-0.3, -0.25) is 4.79 Å². The summed E-state index contributed by atoms with van der Waals surface area (Å²) < 4.78 is 18.5. The van der Waals surface area contributed by atoms with E-state index < -0.39 is 11.8 Å². The number of halogens is 1. The van der Waals surface area contributed by atoms with Gasteiger partial charge >= 0.3 is 5.97 Å². The molecule has 2 saturated carbocycles. The van der Waals surface area contributed by atoms with Gasteiger partial charge in [0.05, 0.1) is 0 Å². The van der Waals surface area contributed by atoms with Gasteiger partial charge in [0, 0.05) is 19.3 Å². The number of rotatable bonds is 1. The average Bonchev–Trinajstić information content (AvgIpc) is 2.42. The van der Waals surface area contributed by atoms with Crippen molar-refractivity contribution in [3.63, 3.8) is 0 Å². The Morgan fingerprint density at radius 3 is 2.75 bits per heavy atom. The highest BCUT2D eigenvalue weighted by Crippen LogP contribution is 2.53. The van der Waals surface area contributed by atoms with Crippen LogP contribution in [0.3, 0.4) is 0 Å². The summed E-state index contributed by atoms with van der Waals surface area (Å²) in [6.07, 6.45) is 3.33. The third-order valence-corrected chi connectivity index (χ3v) is 3.03. The second kappa shape index (κ2) is 2.44. The average molecular weight is 172 g/mol. The molecular weight excluding hydrogens is 159 g/mol. The van der Waals surface area contributed by atoms with Crippen LogP contribution in [0.15, 0.2) is 0 Å². The van der Waals surface area contributed by atoms with Crippen LogP contribution in [0.2, 0.25) is 0 Å². The molecule has 2 fully saturated rings. The number of carbonyl (C=O) groups is 1. The molecule has 12 heavy (non-hydrogen) atoms. The smallest absolute Gasteiger partial charge is 0.305 e. The van der Waals surface area contributed by atoms with Crippen LogP contribution in [-0.4, -0.2) is 11.8 Å². The van der Waals surface area contributed by atoms with Gasteiger partial charge in [0.2, 0.25) is 0 Å². The van der Waals surface area contributed by atoms with Crippen molar-refractivity contribution in [1.29, 1.82) is 0 Å². The summed E-state index contributed by atoms with van der Waals surface area (Å²) in [6, 6.07) is 0. The van der Waals surface area contributed by atoms with Gasteiger partial charge in [-0.1, -0.05) is 0 Å². The van der Waals surface area contributed by atoms with Gasteiger partial charge < -0.3 is 4.74 Å². The summed E-state index contributed by atoms with van der Waals surface area (Å²) >= 11 is 0. The SMILES string of the molecule is CC(=O)OC1(F)CC2CCC1C2. The molecule has 2 nitrogen and oxygen atoms in total. The predicted octanol–water partition coefficient (Wildman–Crippen LogP) is 2.04. The molecule has 0 N–H and O–H groups in total. The Balaban J connectivity index is 2.07. The first-order valence-corrected chi connectivity index (χ1v) is 4.48. The zero-order chi connectivity index (χ0) is 8.77. The Morgan fingerprint density at radius 2 is 2.33 bits per heavy atom. The lowest BCUT2D eigenvalue weighted by Gasteiger charge is -2.28. The van der Waals surface area contributed by atoms with Crippen LogP contribution >= 0.6 is 0 Å². The molecule has 3 heteroatoms. The molecule has 3 unspecified atom stereocenters. The summed E-state index contributed by atoms with van der Waals surface area (Å²) in [5.74, 6) is -1.68. The summed E-state index contributed by atoms with van der Waals surface area (Å²) in [5.41, 5.74) is 0. The van der Waals surface area contributed by atoms with Gasteiger partial charge in [-0.05, 0) is 25.2 Å². The van der Waals surface area contributed by atoms with Crippen LogP contribution in [0.4, 0.5) is 4.39 Å². The molecule has 2 bridgehead atoms. The number of fused-ring (bicyclic) bond motifs is 2. The van der Waals surface area contributed by atoms with Gasteiger partial charge in [-0.25, -0.2) is 0 Å². The number of hydrogen-bond acceptors (Lipinski definition) is 2. The first-order valence-electron chi connectivity index (χ1n) is 4.48. The molecule has 0 saturated heterocycles. The highest BCUT2D eigenvalue weighted by Gasteiger charge is 2.54. The van der Waals surface area contributed by atoms with E-state index in [0.29, 0.717) is 12.3 Å². The lowest BCUT2D eigenvalue weighted by Crippen LogP contribution is -2.35. The number of carbonyl (C=O) groups excluding carboxylic acids is 1. The van der Waals surface area contributed by atoms with Crippen molar-refractivity contribution in [2.75, 3.05) is 0 Å². The van der Waals surface area contributed by atoms with Gasteiger partial charge in [0.15, 0.2) is 0 Å². The highest BCUT2D eigenvalue weighted by molar-refractivity contribution is 5.66. The van der Waals surface area contributed by atoms with Crippen molar-refractivity contribution in [2.45, 2.75) is 38.5 Å². The lowest BCUT2D eigenvalue weighted by molar-refractivity contribution is -0.193. The molecule has 0 spiro atoms. The van der Waals surface area contributed by atoms with E-state index in [1.54, 1.807) is 0 Å². The third kappa shape index (κ3) is 1.11. The molecule has 0 aromatic heterocycles. The van der Waals surface area contributed by atoms with E-state index >= 15 is 0 Å². The number of esters is 1. The molecule has 68 valence electrons. The maximum atomic E-state index is 13.8. The van der Waals surface area contributed by atoms with Crippen molar-refractivity contribution in [1.82, 2.24) is 0 Å². The molecule has 0 heterocycles. The fourth-order valence-electron chi connectivity index (χ4n) is 2.58. The molecule has 0 amide bonds. The maximum absolute atomic E-state index is 13.8. The Kier molecular flexibility index (Phi) is 1.63. The second-order valence-electron chi connectivity index (χ2n) is 3.96. The molecule has 2 aliphatic carbocycles. The molecule has 0 radical (unpaired) electrons. The first kappa shape index (κ1) is 8.02. The van der Waals surface area contributed by atoms with Crippen LogP contribution in [0.5, 0.6) is 0 Å².